The van der Waals surface area contributed by atoms with Gasteiger partial charge in [-0.3, -0.25) is 9.47 Å². The van der Waals surface area contributed by atoms with Gasteiger partial charge in [0.15, 0.2) is 11.5 Å². The highest BCUT2D eigenvalue weighted by molar-refractivity contribution is 5.84. The standard InChI is InChI=1S/C29H26FN7O2/c30-21-4-1-3-20(17-21)24-10-11-25-28(33-24)37(27(34-25)23-5-2-12-32-26(23)31)22-8-6-19(7-9-22)18-35-13-15-36(16-14-35)29(38)39/h1-12,17H,13-16,18H2,(H2,31,32)(H,38,39). The monoisotopic (exact) mass is 523 g/mol. The first-order valence-electron chi connectivity index (χ1n) is 12.6. The number of imidazole rings is 1. The van der Waals surface area contributed by atoms with Crippen LogP contribution in [0.5, 0.6) is 0 Å². The maximum absolute atomic E-state index is 13.9. The van der Waals surface area contributed by atoms with Gasteiger partial charge in [0.1, 0.15) is 17.2 Å². The van der Waals surface area contributed by atoms with E-state index in [2.05, 4.69) is 22.0 Å². The number of hydrogen-bond donors (Lipinski definition) is 2. The van der Waals surface area contributed by atoms with Crippen molar-refractivity contribution in [1.82, 2.24) is 29.3 Å². The van der Waals surface area contributed by atoms with Crippen LogP contribution in [-0.2, 0) is 6.54 Å². The molecule has 0 radical (unpaired) electrons. The molecule has 0 saturated carbocycles. The largest absolute Gasteiger partial charge is 0.465 e. The molecule has 0 unspecified atom stereocenters. The Hall–Kier alpha value is -4.83. The zero-order valence-electron chi connectivity index (χ0n) is 21.0. The van der Waals surface area contributed by atoms with Crippen molar-refractivity contribution in [3.05, 3.63) is 90.4 Å². The molecule has 196 valence electrons. The Kier molecular flexibility index (Phi) is 6.37. The van der Waals surface area contributed by atoms with Gasteiger partial charge in [0, 0.05) is 50.2 Å². The molecule has 4 heterocycles. The molecular formula is C29H26FN7O2. The van der Waals surface area contributed by atoms with Crippen molar-refractivity contribution in [2.24, 2.45) is 0 Å². The van der Waals surface area contributed by atoms with Crippen LogP contribution in [0.3, 0.4) is 0 Å². The summed E-state index contributed by atoms with van der Waals surface area (Å²) in [5.41, 5.74) is 11.5. The molecule has 1 fully saturated rings. The lowest BCUT2D eigenvalue weighted by molar-refractivity contribution is 0.103. The van der Waals surface area contributed by atoms with E-state index in [1.807, 2.05) is 47.0 Å². The van der Waals surface area contributed by atoms with Gasteiger partial charge in [-0.2, -0.15) is 0 Å². The first-order valence-corrected chi connectivity index (χ1v) is 12.6. The highest BCUT2D eigenvalue weighted by Gasteiger charge is 2.21. The van der Waals surface area contributed by atoms with Gasteiger partial charge in [0.2, 0.25) is 0 Å². The number of anilines is 1. The van der Waals surface area contributed by atoms with Crippen molar-refractivity contribution in [3.63, 3.8) is 0 Å². The molecule has 3 N–H and O–H groups in total. The number of nitrogen functional groups attached to an aromatic ring is 1. The Bertz CT molecular complexity index is 1660. The summed E-state index contributed by atoms with van der Waals surface area (Å²) in [4.78, 5) is 28.9. The smallest absolute Gasteiger partial charge is 0.407 e. The van der Waals surface area contributed by atoms with Gasteiger partial charge < -0.3 is 15.7 Å². The van der Waals surface area contributed by atoms with Crippen LogP contribution < -0.4 is 5.73 Å². The summed E-state index contributed by atoms with van der Waals surface area (Å²) in [7, 11) is 0. The summed E-state index contributed by atoms with van der Waals surface area (Å²) in [5.74, 6) is 0.639. The van der Waals surface area contributed by atoms with Crippen LogP contribution in [0, 0.1) is 5.82 Å². The van der Waals surface area contributed by atoms with Crippen molar-refractivity contribution in [1.29, 1.82) is 0 Å². The van der Waals surface area contributed by atoms with Crippen LogP contribution in [0.25, 0.3) is 39.5 Å². The van der Waals surface area contributed by atoms with Gasteiger partial charge in [-0.15, -0.1) is 0 Å². The Morgan fingerprint density at radius 2 is 1.74 bits per heavy atom. The molecule has 1 aliphatic rings. The summed E-state index contributed by atoms with van der Waals surface area (Å²) in [6, 6.07) is 21.9. The van der Waals surface area contributed by atoms with E-state index in [0.29, 0.717) is 65.8 Å². The van der Waals surface area contributed by atoms with Gasteiger partial charge in [0.25, 0.3) is 0 Å². The van der Waals surface area contributed by atoms with Crippen LogP contribution in [0.15, 0.2) is 79.0 Å². The number of halogens is 1. The highest BCUT2D eigenvalue weighted by atomic mass is 19.1. The third kappa shape index (κ3) is 4.89. The van der Waals surface area contributed by atoms with E-state index >= 15 is 0 Å². The summed E-state index contributed by atoms with van der Waals surface area (Å²) in [6.45, 7) is 3.12. The number of nitrogens with two attached hydrogens (primary N) is 1. The normalized spacial score (nSPS) is 14.1. The van der Waals surface area contributed by atoms with Crippen LogP contribution in [0.2, 0.25) is 0 Å². The summed E-state index contributed by atoms with van der Waals surface area (Å²) in [6.07, 6.45) is 0.766. The predicted molar refractivity (Wildman–Crippen MR) is 147 cm³/mol. The Morgan fingerprint density at radius 3 is 2.46 bits per heavy atom. The van der Waals surface area contributed by atoms with Gasteiger partial charge in [-0.05, 0) is 54.1 Å². The first-order chi connectivity index (χ1) is 19.0. The molecule has 9 nitrogen and oxygen atoms in total. The molecule has 0 bridgehead atoms. The third-order valence-corrected chi connectivity index (χ3v) is 6.95. The predicted octanol–water partition coefficient (Wildman–Crippen LogP) is 4.67. The number of pyridine rings is 2. The number of aromatic nitrogens is 4. The molecular weight excluding hydrogens is 497 g/mol. The molecule has 1 aliphatic heterocycles. The lowest BCUT2D eigenvalue weighted by atomic mass is 10.1. The zero-order valence-corrected chi connectivity index (χ0v) is 21.0. The number of amides is 1. The average Bonchev–Trinajstić information content (AvgIpc) is 3.32. The van der Waals surface area contributed by atoms with E-state index in [1.165, 1.54) is 17.0 Å². The fourth-order valence-electron chi connectivity index (χ4n) is 4.90. The van der Waals surface area contributed by atoms with Gasteiger partial charge in [0.05, 0.1) is 11.3 Å². The molecule has 6 rings (SSSR count). The van der Waals surface area contributed by atoms with Gasteiger partial charge >= 0.3 is 6.09 Å². The quantitative estimate of drug-likeness (QED) is 0.344. The molecule has 0 atom stereocenters. The first kappa shape index (κ1) is 24.5. The number of carbonyl (C=O) groups is 1. The third-order valence-electron chi connectivity index (χ3n) is 6.95. The van der Waals surface area contributed by atoms with E-state index in [4.69, 9.17) is 15.7 Å². The maximum Gasteiger partial charge on any atom is 0.407 e. The van der Waals surface area contributed by atoms with Crippen LogP contribution in [0.1, 0.15) is 5.56 Å². The topological polar surface area (TPSA) is 113 Å². The van der Waals surface area contributed by atoms with Crippen molar-refractivity contribution in [2.75, 3.05) is 31.9 Å². The van der Waals surface area contributed by atoms with Crippen LogP contribution in [0.4, 0.5) is 15.0 Å². The van der Waals surface area contributed by atoms with E-state index in [9.17, 15) is 14.3 Å². The lowest BCUT2D eigenvalue weighted by Gasteiger charge is -2.33. The number of fused-ring (bicyclic) bond motifs is 1. The van der Waals surface area contributed by atoms with E-state index in [1.54, 1.807) is 12.3 Å². The number of piperazine rings is 1. The molecule has 0 aliphatic carbocycles. The second kappa shape index (κ2) is 10.1. The number of benzene rings is 2. The van der Waals surface area contributed by atoms with Gasteiger partial charge in [-0.1, -0.05) is 24.3 Å². The number of carboxylic acid groups (broad SMARTS) is 1. The molecule has 1 amide bonds. The van der Waals surface area contributed by atoms with Crippen molar-refractivity contribution in [3.8, 4) is 28.3 Å². The van der Waals surface area contributed by atoms with Gasteiger partial charge in [-0.25, -0.2) is 24.1 Å². The molecule has 5 aromatic rings. The fourth-order valence-corrected chi connectivity index (χ4v) is 4.90. The van der Waals surface area contributed by atoms with Crippen molar-refractivity contribution in [2.45, 2.75) is 6.54 Å². The van der Waals surface area contributed by atoms with Crippen LogP contribution >= 0.6 is 0 Å². The summed E-state index contributed by atoms with van der Waals surface area (Å²) >= 11 is 0. The number of nitrogens with zero attached hydrogens (tertiary/aromatic N) is 6. The highest BCUT2D eigenvalue weighted by Crippen LogP contribution is 2.32. The minimum atomic E-state index is -0.870. The second-order valence-corrected chi connectivity index (χ2v) is 9.47. The second-order valence-electron chi connectivity index (χ2n) is 9.47. The number of hydrogen-bond acceptors (Lipinski definition) is 6. The Labute approximate surface area is 224 Å². The van der Waals surface area contributed by atoms with E-state index in [-0.39, 0.29) is 5.82 Å². The minimum Gasteiger partial charge on any atom is -0.465 e. The molecule has 2 aromatic carbocycles. The fraction of sp³-hybridized carbons (Fsp3) is 0.172. The minimum absolute atomic E-state index is 0.327. The SMILES string of the molecule is Nc1ncccc1-c1nc2ccc(-c3cccc(F)c3)nc2n1-c1ccc(CN2CCN(C(=O)O)CC2)cc1. The average molecular weight is 524 g/mol. The maximum atomic E-state index is 13.9. The summed E-state index contributed by atoms with van der Waals surface area (Å²) < 4.78 is 15.9. The lowest BCUT2D eigenvalue weighted by Crippen LogP contribution is -2.47. The number of rotatable bonds is 5. The van der Waals surface area contributed by atoms with E-state index in [0.717, 1.165) is 17.8 Å². The van der Waals surface area contributed by atoms with E-state index < -0.39 is 6.09 Å². The molecule has 1 saturated heterocycles. The molecule has 39 heavy (non-hydrogen) atoms. The molecule has 10 heteroatoms. The van der Waals surface area contributed by atoms with Crippen molar-refractivity contribution >= 4 is 23.1 Å². The Morgan fingerprint density at radius 1 is 0.949 bits per heavy atom. The van der Waals surface area contributed by atoms with Crippen LogP contribution in [-0.4, -0.2) is 66.7 Å². The summed E-state index contributed by atoms with van der Waals surface area (Å²) in [5, 5.41) is 9.19. The molecule has 0 spiro atoms. The van der Waals surface area contributed by atoms with Crippen molar-refractivity contribution < 1.29 is 14.3 Å². The Balaban J connectivity index is 1.38. The zero-order chi connectivity index (χ0) is 26.9. The molecule has 3 aromatic heterocycles.